The van der Waals surface area contributed by atoms with Gasteiger partial charge in [0.05, 0.1) is 23.8 Å². The van der Waals surface area contributed by atoms with Crippen LogP contribution in [-0.2, 0) is 6.54 Å². The predicted molar refractivity (Wildman–Crippen MR) is 87.1 cm³/mol. The SMILES string of the molecule is O=c1c2ccccc2ncn1CCCCOc1ccccc1F. The number of hydrogen-bond donors (Lipinski definition) is 0. The summed E-state index contributed by atoms with van der Waals surface area (Å²) in [6, 6.07) is 13.6. The zero-order valence-corrected chi connectivity index (χ0v) is 12.6. The predicted octanol–water partition coefficient (Wildman–Crippen LogP) is 3.39. The molecule has 0 radical (unpaired) electrons. The first-order chi connectivity index (χ1) is 11.3. The van der Waals surface area contributed by atoms with Crippen molar-refractivity contribution in [3.8, 4) is 5.75 Å². The van der Waals surface area contributed by atoms with Gasteiger partial charge in [-0.1, -0.05) is 24.3 Å². The molecule has 0 saturated heterocycles. The van der Waals surface area contributed by atoms with Gasteiger partial charge in [-0.25, -0.2) is 9.37 Å². The average molecular weight is 312 g/mol. The van der Waals surface area contributed by atoms with Crippen LogP contribution in [0.1, 0.15) is 12.8 Å². The molecule has 118 valence electrons. The number of hydrogen-bond acceptors (Lipinski definition) is 3. The summed E-state index contributed by atoms with van der Waals surface area (Å²) in [5.41, 5.74) is 0.669. The maximum Gasteiger partial charge on any atom is 0.261 e. The van der Waals surface area contributed by atoms with Crippen LogP contribution in [-0.4, -0.2) is 16.2 Å². The number of para-hydroxylation sites is 2. The van der Waals surface area contributed by atoms with Gasteiger partial charge in [0.1, 0.15) is 0 Å². The molecular weight excluding hydrogens is 295 g/mol. The molecule has 2 aromatic carbocycles. The Morgan fingerprint density at radius 1 is 1.04 bits per heavy atom. The van der Waals surface area contributed by atoms with Gasteiger partial charge in [-0.05, 0) is 37.1 Å². The summed E-state index contributed by atoms with van der Waals surface area (Å²) in [6.45, 7) is 0.980. The monoisotopic (exact) mass is 312 g/mol. The fourth-order valence-corrected chi connectivity index (χ4v) is 2.39. The minimum Gasteiger partial charge on any atom is -0.491 e. The van der Waals surface area contributed by atoms with Gasteiger partial charge < -0.3 is 4.74 Å². The molecule has 23 heavy (non-hydrogen) atoms. The third-order valence-electron chi connectivity index (χ3n) is 3.62. The van der Waals surface area contributed by atoms with Crippen LogP contribution in [0, 0.1) is 5.82 Å². The van der Waals surface area contributed by atoms with E-state index in [1.165, 1.54) is 6.07 Å². The second-order valence-corrected chi connectivity index (χ2v) is 5.25. The Hall–Kier alpha value is -2.69. The van der Waals surface area contributed by atoms with Crippen molar-refractivity contribution in [2.45, 2.75) is 19.4 Å². The minimum absolute atomic E-state index is 0.0365. The molecular formula is C18H17FN2O2. The molecule has 5 heteroatoms. The number of aromatic nitrogens is 2. The molecule has 0 spiro atoms. The van der Waals surface area contributed by atoms with Crippen LogP contribution in [0.2, 0.25) is 0 Å². The number of nitrogens with zero attached hydrogens (tertiary/aromatic N) is 2. The van der Waals surface area contributed by atoms with Crippen molar-refractivity contribution < 1.29 is 9.13 Å². The van der Waals surface area contributed by atoms with E-state index in [9.17, 15) is 9.18 Å². The van der Waals surface area contributed by atoms with Crippen LogP contribution in [0.5, 0.6) is 5.75 Å². The number of unbranched alkanes of at least 4 members (excludes halogenated alkanes) is 1. The number of fused-ring (bicyclic) bond motifs is 1. The summed E-state index contributed by atoms with van der Waals surface area (Å²) in [5, 5.41) is 0.623. The third-order valence-corrected chi connectivity index (χ3v) is 3.62. The summed E-state index contributed by atoms with van der Waals surface area (Å²) in [4.78, 5) is 16.6. The molecule has 0 unspecified atom stereocenters. The zero-order chi connectivity index (χ0) is 16.1. The Balaban J connectivity index is 1.54. The van der Waals surface area contributed by atoms with E-state index in [0.717, 1.165) is 12.8 Å². The van der Waals surface area contributed by atoms with Gasteiger partial charge in [0.15, 0.2) is 11.6 Å². The Morgan fingerprint density at radius 3 is 2.70 bits per heavy atom. The van der Waals surface area contributed by atoms with Gasteiger partial charge in [-0.3, -0.25) is 9.36 Å². The molecule has 0 amide bonds. The number of benzene rings is 2. The maximum absolute atomic E-state index is 13.4. The molecule has 4 nitrogen and oxygen atoms in total. The van der Waals surface area contributed by atoms with Crippen LogP contribution in [0.4, 0.5) is 4.39 Å². The van der Waals surface area contributed by atoms with Crippen LogP contribution in [0.25, 0.3) is 10.9 Å². The topological polar surface area (TPSA) is 44.1 Å². The van der Waals surface area contributed by atoms with Gasteiger partial charge in [-0.2, -0.15) is 0 Å². The van der Waals surface area contributed by atoms with E-state index >= 15 is 0 Å². The molecule has 0 aliphatic carbocycles. The van der Waals surface area contributed by atoms with E-state index < -0.39 is 0 Å². The molecule has 0 N–H and O–H groups in total. The van der Waals surface area contributed by atoms with Crippen LogP contribution in [0.3, 0.4) is 0 Å². The Morgan fingerprint density at radius 2 is 1.83 bits per heavy atom. The lowest BCUT2D eigenvalue weighted by Gasteiger charge is -2.08. The Kier molecular flexibility index (Phi) is 4.66. The van der Waals surface area contributed by atoms with Gasteiger partial charge in [0, 0.05) is 6.54 Å². The van der Waals surface area contributed by atoms with E-state index in [-0.39, 0.29) is 17.1 Å². The lowest BCUT2D eigenvalue weighted by atomic mass is 10.2. The summed E-state index contributed by atoms with van der Waals surface area (Å²) in [7, 11) is 0. The van der Waals surface area contributed by atoms with Crippen LogP contribution >= 0.6 is 0 Å². The summed E-state index contributed by atoms with van der Waals surface area (Å²) < 4.78 is 20.4. The molecule has 0 bridgehead atoms. The molecule has 0 fully saturated rings. The average Bonchev–Trinajstić information content (AvgIpc) is 2.58. The lowest BCUT2D eigenvalue weighted by Crippen LogP contribution is -2.20. The fourth-order valence-electron chi connectivity index (χ4n) is 2.39. The summed E-state index contributed by atoms with van der Waals surface area (Å²) in [5.74, 6) is -0.0977. The van der Waals surface area contributed by atoms with Crippen molar-refractivity contribution in [3.63, 3.8) is 0 Å². The van der Waals surface area contributed by atoms with E-state index in [1.807, 2.05) is 18.2 Å². The summed E-state index contributed by atoms with van der Waals surface area (Å²) >= 11 is 0. The van der Waals surface area contributed by atoms with Crippen molar-refractivity contribution in [3.05, 3.63) is 71.0 Å². The van der Waals surface area contributed by atoms with E-state index in [0.29, 0.717) is 24.1 Å². The highest BCUT2D eigenvalue weighted by molar-refractivity contribution is 5.76. The first kappa shape index (κ1) is 15.2. The van der Waals surface area contributed by atoms with E-state index in [1.54, 1.807) is 35.2 Å². The van der Waals surface area contributed by atoms with Gasteiger partial charge in [-0.15, -0.1) is 0 Å². The molecule has 0 aliphatic rings. The summed E-state index contributed by atoms with van der Waals surface area (Å²) in [6.07, 6.45) is 3.06. The first-order valence-corrected chi connectivity index (χ1v) is 7.57. The molecule has 1 heterocycles. The van der Waals surface area contributed by atoms with Crippen molar-refractivity contribution in [2.75, 3.05) is 6.61 Å². The maximum atomic E-state index is 13.4. The highest BCUT2D eigenvalue weighted by Gasteiger charge is 2.04. The molecule has 0 saturated carbocycles. The molecule has 3 aromatic rings. The number of rotatable bonds is 6. The van der Waals surface area contributed by atoms with Gasteiger partial charge >= 0.3 is 0 Å². The normalized spacial score (nSPS) is 10.8. The standard InChI is InChI=1S/C18H17FN2O2/c19-15-8-2-4-10-17(15)23-12-6-5-11-21-13-20-16-9-3-1-7-14(16)18(21)22/h1-4,7-10,13H,5-6,11-12H2. The van der Waals surface area contributed by atoms with E-state index in [2.05, 4.69) is 4.98 Å². The van der Waals surface area contributed by atoms with Crippen molar-refractivity contribution in [1.82, 2.24) is 9.55 Å². The van der Waals surface area contributed by atoms with Crippen molar-refractivity contribution >= 4 is 10.9 Å². The molecule has 3 rings (SSSR count). The first-order valence-electron chi connectivity index (χ1n) is 7.57. The zero-order valence-electron chi connectivity index (χ0n) is 12.6. The van der Waals surface area contributed by atoms with Crippen LogP contribution < -0.4 is 10.3 Å². The Bertz CT molecular complexity index is 861. The molecule has 1 aromatic heterocycles. The number of halogens is 1. The second-order valence-electron chi connectivity index (χ2n) is 5.25. The van der Waals surface area contributed by atoms with Gasteiger partial charge in [0.2, 0.25) is 0 Å². The highest BCUT2D eigenvalue weighted by Crippen LogP contribution is 2.15. The van der Waals surface area contributed by atoms with Gasteiger partial charge in [0.25, 0.3) is 5.56 Å². The van der Waals surface area contributed by atoms with Crippen LogP contribution in [0.15, 0.2) is 59.7 Å². The second kappa shape index (κ2) is 7.05. The highest BCUT2D eigenvalue weighted by atomic mass is 19.1. The third kappa shape index (κ3) is 3.56. The smallest absolute Gasteiger partial charge is 0.261 e. The quantitative estimate of drug-likeness (QED) is 0.655. The fraction of sp³-hybridized carbons (Fsp3) is 0.222. The Labute approximate surface area is 133 Å². The van der Waals surface area contributed by atoms with E-state index in [4.69, 9.17) is 4.74 Å². The largest absolute Gasteiger partial charge is 0.491 e. The number of ether oxygens (including phenoxy) is 1. The molecule has 0 atom stereocenters. The van der Waals surface area contributed by atoms with Crippen molar-refractivity contribution in [1.29, 1.82) is 0 Å². The van der Waals surface area contributed by atoms with Crippen molar-refractivity contribution in [2.24, 2.45) is 0 Å². The molecule has 0 aliphatic heterocycles. The number of aryl methyl sites for hydroxylation is 1. The minimum atomic E-state index is -0.359. The lowest BCUT2D eigenvalue weighted by molar-refractivity contribution is 0.288.